The number of hydrogen-bond donors (Lipinski definition) is 3. The average Bonchev–Trinajstić information content (AvgIpc) is 3.17. The van der Waals surface area contributed by atoms with Gasteiger partial charge in [-0.2, -0.15) is 13.2 Å². The maximum Gasteiger partial charge on any atom is 0.416 e. The van der Waals surface area contributed by atoms with Gasteiger partial charge in [0.05, 0.1) is 23.7 Å². The molecule has 4 amide bonds. The van der Waals surface area contributed by atoms with E-state index in [9.17, 15) is 27.6 Å². The predicted molar refractivity (Wildman–Crippen MR) is 154 cm³/mol. The van der Waals surface area contributed by atoms with Crippen LogP contribution in [0.4, 0.5) is 29.3 Å². The summed E-state index contributed by atoms with van der Waals surface area (Å²) >= 11 is 0. The fourth-order valence-electron chi connectivity index (χ4n) is 5.31. The van der Waals surface area contributed by atoms with Crippen LogP contribution in [0.5, 0.6) is 0 Å². The van der Waals surface area contributed by atoms with Crippen molar-refractivity contribution in [1.82, 2.24) is 5.32 Å². The molecular weight excluding hydrogens is 565 g/mol. The minimum atomic E-state index is -4.64. The highest BCUT2D eigenvalue weighted by Gasteiger charge is 2.59. The van der Waals surface area contributed by atoms with Crippen LogP contribution in [-0.2, 0) is 30.8 Å². The van der Waals surface area contributed by atoms with Gasteiger partial charge < -0.3 is 30.7 Å². The maximum absolute atomic E-state index is 14.6. The Labute approximate surface area is 247 Å². The van der Waals surface area contributed by atoms with E-state index in [-0.39, 0.29) is 17.8 Å². The van der Waals surface area contributed by atoms with E-state index in [1.165, 1.54) is 11.0 Å². The molecule has 0 aliphatic carbocycles. The molecule has 2 unspecified atom stereocenters. The second-order valence-corrected chi connectivity index (χ2v) is 9.98. The number of ether oxygens (including phenoxy) is 2. The van der Waals surface area contributed by atoms with E-state index in [4.69, 9.17) is 15.2 Å². The number of para-hydroxylation sites is 1. The Morgan fingerprint density at radius 3 is 2.23 bits per heavy atom. The van der Waals surface area contributed by atoms with Gasteiger partial charge in [-0.3, -0.25) is 9.59 Å². The molecule has 0 saturated heterocycles. The number of nitrogens with one attached hydrogen (secondary N) is 2. The number of primary amides is 1. The Morgan fingerprint density at radius 2 is 1.63 bits per heavy atom. The first-order chi connectivity index (χ1) is 20.4. The van der Waals surface area contributed by atoms with Gasteiger partial charge in [0.2, 0.25) is 5.91 Å². The predicted octanol–water partition coefficient (Wildman–Crippen LogP) is 5.05. The molecule has 1 aliphatic heterocycles. The minimum Gasteiger partial charge on any atom is -0.369 e. The van der Waals surface area contributed by atoms with Crippen LogP contribution in [0.2, 0.25) is 0 Å². The maximum atomic E-state index is 14.6. The number of nitrogens with two attached hydrogens (primary N) is 1. The van der Waals surface area contributed by atoms with Crippen molar-refractivity contribution in [1.29, 1.82) is 0 Å². The molecule has 0 radical (unpaired) electrons. The summed E-state index contributed by atoms with van der Waals surface area (Å²) in [6.45, 7) is 5.91. The molecule has 43 heavy (non-hydrogen) atoms. The molecule has 0 bridgehead atoms. The molecule has 4 N–H and O–H groups in total. The molecule has 0 saturated carbocycles. The quantitative estimate of drug-likeness (QED) is 0.267. The van der Waals surface area contributed by atoms with Crippen molar-refractivity contribution in [3.05, 3.63) is 95.1 Å². The van der Waals surface area contributed by atoms with Crippen molar-refractivity contribution in [2.45, 2.75) is 44.7 Å². The van der Waals surface area contributed by atoms with Crippen molar-refractivity contribution >= 4 is 29.2 Å². The summed E-state index contributed by atoms with van der Waals surface area (Å²) in [4.78, 5) is 42.8. The zero-order valence-electron chi connectivity index (χ0n) is 23.9. The number of carbonyl (C=O) groups excluding carboxylic acids is 3. The van der Waals surface area contributed by atoms with Crippen molar-refractivity contribution in [3.63, 3.8) is 0 Å². The van der Waals surface area contributed by atoms with Crippen molar-refractivity contribution in [3.8, 4) is 0 Å². The van der Waals surface area contributed by atoms with Crippen LogP contribution in [0.1, 0.15) is 42.0 Å². The van der Waals surface area contributed by atoms with Crippen LogP contribution in [0, 0.1) is 6.92 Å². The molecular formula is C31H33F3N4O5. The summed E-state index contributed by atoms with van der Waals surface area (Å²) in [5.74, 6) is -3.00. The minimum absolute atomic E-state index is 0.0738. The van der Waals surface area contributed by atoms with Crippen molar-refractivity contribution in [2.24, 2.45) is 5.73 Å². The van der Waals surface area contributed by atoms with Crippen LogP contribution in [0.3, 0.4) is 0 Å². The molecule has 1 heterocycles. The molecule has 3 aromatic carbocycles. The number of nitrogens with zero attached hydrogens (tertiary/aromatic N) is 1. The number of hydrogen-bond acceptors (Lipinski definition) is 5. The molecule has 12 heteroatoms. The Balaban J connectivity index is 1.85. The van der Waals surface area contributed by atoms with E-state index in [0.717, 1.165) is 23.8 Å². The smallest absolute Gasteiger partial charge is 0.369 e. The Morgan fingerprint density at radius 1 is 0.977 bits per heavy atom. The first-order valence-electron chi connectivity index (χ1n) is 13.7. The number of halogens is 3. The molecule has 3 aromatic rings. The largest absolute Gasteiger partial charge is 0.416 e. The highest BCUT2D eigenvalue weighted by molar-refractivity contribution is 6.13. The second-order valence-electron chi connectivity index (χ2n) is 9.98. The number of anilines is 2. The van der Waals surface area contributed by atoms with E-state index in [1.54, 1.807) is 62.4 Å². The summed E-state index contributed by atoms with van der Waals surface area (Å²) in [6.07, 6.45) is -5.47. The molecule has 9 nitrogen and oxygen atoms in total. The van der Waals surface area contributed by atoms with Gasteiger partial charge in [-0.1, -0.05) is 54.1 Å². The number of alkyl halides is 3. The third kappa shape index (κ3) is 6.50. The van der Waals surface area contributed by atoms with Gasteiger partial charge in [0.15, 0.2) is 11.8 Å². The number of fused-ring (bicyclic) bond motifs is 1. The van der Waals surface area contributed by atoms with Crippen LogP contribution in [-0.4, -0.2) is 43.9 Å². The molecule has 0 spiro atoms. The summed E-state index contributed by atoms with van der Waals surface area (Å²) in [6, 6.07) is 16.4. The number of benzene rings is 3. The summed E-state index contributed by atoms with van der Waals surface area (Å²) in [5.41, 5.74) is 4.65. The fraction of sp³-hybridized carbons (Fsp3) is 0.323. The SMILES string of the molecule is CCOC(CN1C(=O)C(NC(=O)Nc2cccc(C(F)(F)F)c2)(C(C(N)=O)c2ccc(C)cc2)c2ccccc21)OCC. The van der Waals surface area contributed by atoms with Crippen molar-refractivity contribution < 1.29 is 37.0 Å². The Bertz CT molecular complexity index is 1470. The second kappa shape index (κ2) is 12.8. The fourth-order valence-corrected chi connectivity index (χ4v) is 5.31. The van der Waals surface area contributed by atoms with Gasteiger partial charge >= 0.3 is 12.2 Å². The van der Waals surface area contributed by atoms with E-state index < -0.39 is 47.3 Å². The van der Waals surface area contributed by atoms with E-state index in [2.05, 4.69) is 10.6 Å². The van der Waals surface area contributed by atoms with Gasteiger partial charge in [-0.25, -0.2) is 4.79 Å². The summed E-state index contributed by atoms with van der Waals surface area (Å²) < 4.78 is 51.3. The topological polar surface area (TPSA) is 123 Å². The van der Waals surface area contributed by atoms with Crippen LogP contribution in [0.25, 0.3) is 0 Å². The van der Waals surface area contributed by atoms with E-state index >= 15 is 0 Å². The number of urea groups is 1. The zero-order chi connectivity index (χ0) is 31.4. The van der Waals surface area contributed by atoms with Gasteiger partial charge in [0.1, 0.15) is 0 Å². The number of carbonyl (C=O) groups is 3. The zero-order valence-corrected chi connectivity index (χ0v) is 23.9. The average molecular weight is 599 g/mol. The van der Waals surface area contributed by atoms with Crippen molar-refractivity contribution in [2.75, 3.05) is 30.0 Å². The first kappa shape index (κ1) is 31.5. The van der Waals surface area contributed by atoms with Gasteiger partial charge in [-0.05, 0) is 50.6 Å². The summed E-state index contributed by atoms with van der Waals surface area (Å²) in [7, 11) is 0. The summed E-state index contributed by atoms with van der Waals surface area (Å²) in [5, 5.41) is 5.05. The standard InChI is InChI=1S/C31H33F3N4O5/c1-4-42-25(43-5-2)18-38-24-12-7-6-11-23(24)30(28(38)40,26(27(35)39)20-15-13-19(3)14-16-20)37-29(41)36-22-10-8-9-21(17-22)31(32,33)34/h6-17,25-26H,4-5,18H2,1-3H3,(H2,35,39)(H2,36,37,41). The molecule has 228 valence electrons. The van der Waals surface area contributed by atoms with Crippen LogP contribution in [0.15, 0.2) is 72.8 Å². The van der Waals surface area contributed by atoms with E-state index in [1.807, 2.05) is 6.92 Å². The third-order valence-electron chi connectivity index (χ3n) is 7.13. The normalized spacial score (nSPS) is 17.1. The lowest BCUT2D eigenvalue weighted by molar-refractivity contribution is -0.139. The first-order valence-corrected chi connectivity index (χ1v) is 13.7. The van der Waals surface area contributed by atoms with Crippen LogP contribution < -0.4 is 21.3 Å². The lowest BCUT2D eigenvalue weighted by Crippen LogP contribution is -2.60. The van der Waals surface area contributed by atoms with Crippen LogP contribution >= 0.6 is 0 Å². The molecule has 2 atom stereocenters. The van der Waals surface area contributed by atoms with Gasteiger partial charge in [-0.15, -0.1) is 0 Å². The molecule has 4 rings (SSSR count). The highest BCUT2D eigenvalue weighted by Crippen LogP contribution is 2.48. The number of rotatable bonds is 11. The monoisotopic (exact) mass is 598 g/mol. The van der Waals surface area contributed by atoms with Gasteiger partial charge in [0, 0.05) is 24.5 Å². The number of amides is 4. The molecule has 1 aliphatic rings. The Kier molecular flexibility index (Phi) is 9.41. The third-order valence-corrected chi connectivity index (χ3v) is 7.13. The molecule has 0 aromatic heterocycles. The lowest BCUT2D eigenvalue weighted by atomic mass is 9.74. The number of aryl methyl sites for hydroxylation is 1. The Hall–Kier alpha value is -4.42. The molecule has 0 fully saturated rings. The lowest BCUT2D eigenvalue weighted by Gasteiger charge is -2.36. The van der Waals surface area contributed by atoms with Gasteiger partial charge in [0.25, 0.3) is 5.91 Å². The van der Waals surface area contributed by atoms with E-state index in [0.29, 0.717) is 24.5 Å². The highest BCUT2D eigenvalue weighted by atomic mass is 19.4.